The molecule has 0 radical (unpaired) electrons. The third-order valence-corrected chi connectivity index (χ3v) is 8.60. The minimum atomic E-state index is -3.85. The van der Waals surface area contributed by atoms with Gasteiger partial charge in [-0.25, -0.2) is 13.2 Å². The first-order valence-corrected chi connectivity index (χ1v) is 12.3. The summed E-state index contributed by atoms with van der Waals surface area (Å²) in [5.74, 6) is -1.97. The van der Waals surface area contributed by atoms with Crippen molar-refractivity contribution in [1.82, 2.24) is 4.31 Å². The number of thiophene rings is 1. The molecule has 1 aromatic carbocycles. The molecular formula is C22H23N3O5S2. The molecule has 1 heterocycles. The number of sulfonamides is 1. The predicted molar refractivity (Wildman–Crippen MR) is 121 cm³/mol. The predicted octanol–water partition coefficient (Wildman–Crippen LogP) is 4.00. The molecule has 1 fully saturated rings. The van der Waals surface area contributed by atoms with Crippen LogP contribution in [-0.2, 0) is 10.0 Å². The average Bonchev–Trinajstić information content (AvgIpc) is 3.41. The molecule has 10 heteroatoms. The lowest BCUT2D eigenvalue weighted by atomic mass is 10.1. The number of hydrogen-bond donors (Lipinski definition) is 2. The topological polar surface area (TPSA) is 128 Å². The molecule has 1 amide bonds. The highest BCUT2D eigenvalue weighted by Gasteiger charge is 2.34. The summed E-state index contributed by atoms with van der Waals surface area (Å²) in [5, 5.41) is 21.2. The van der Waals surface area contributed by atoms with E-state index in [1.807, 2.05) is 6.07 Å². The number of carboxylic acid groups (broad SMARTS) is 1. The Morgan fingerprint density at radius 2 is 2.06 bits per heavy atom. The van der Waals surface area contributed by atoms with Crippen LogP contribution in [0.5, 0.6) is 0 Å². The standard InChI is InChI=1S/C22H23N3O5S2/c1-3-11-25(16-8-4-5-9-16)32(29,30)19-12-18(31-14(19)2)21(26)24-20-15(13-23)7-6-10-17(20)22(27)28/h3,6-7,10,12,16H,1,4-5,8-9,11H2,2H3,(H,24,26)(H,27,28). The zero-order chi connectivity index (χ0) is 23.5. The van der Waals surface area contributed by atoms with E-state index in [1.165, 1.54) is 28.6 Å². The number of nitriles is 1. The van der Waals surface area contributed by atoms with Crippen molar-refractivity contribution in [2.45, 2.75) is 43.5 Å². The fraction of sp³-hybridized carbons (Fsp3) is 0.318. The Morgan fingerprint density at radius 1 is 1.38 bits per heavy atom. The highest BCUT2D eigenvalue weighted by atomic mass is 32.2. The number of carbonyl (C=O) groups is 2. The zero-order valence-electron chi connectivity index (χ0n) is 17.5. The molecule has 2 N–H and O–H groups in total. The zero-order valence-corrected chi connectivity index (χ0v) is 19.1. The number of nitrogens with zero attached hydrogens (tertiary/aromatic N) is 2. The van der Waals surface area contributed by atoms with E-state index in [0.717, 1.165) is 37.0 Å². The number of nitrogens with one attached hydrogen (secondary N) is 1. The van der Waals surface area contributed by atoms with Gasteiger partial charge in [0.1, 0.15) is 6.07 Å². The van der Waals surface area contributed by atoms with Gasteiger partial charge in [0.15, 0.2) is 0 Å². The molecule has 0 atom stereocenters. The summed E-state index contributed by atoms with van der Waals surface area (Å²) in [6.45, 7) is 5.49. The van der Waals surface area contributed by atoms with Crippen molar-refractivity contribution in [3.05, 3.63) is 57.8 Å². The molecule has 3 rings (SSSR count). The van der Waals surface area contributed by atoms with Crippen molar-refractivity contribution in [3.63, 3.8) is 0 Å². The maximum Gasteiger partial charge on any atom is 0.337 e. The van der Waals surface area contributed by atoms with Crippen molar-refractivity contribution in [1.29, 1.82) is 5.26 Å². The normalized spacial score (nSPS) is 14.3. The number of carbonyl (C=O) groups excluding carboxylic acids is 1. The lowest BCUT2D eigenvalue weighted by Crippen LogP contribution is -2.39. The van der Waals surface area contributed by atoms with Crippen LogP contribution >= 0.6 is 11.3 Å². The minimum Gasteiger partial charge on any atom is -0.478 e. The second-order valence-corrected chi connectivity index (χ2v) is 10.5. The number of carboxylic acids is 1. The van der Waals surface area contributed by atoms with Crippen LogP contribution in [0.2, 0.25) is 0 Å². The second-order valence-electron chi connectivity index (χ2n) is 7.43. The largest absolute Gasteiger partial charge is 0.478 e. The van der Waals surface area contributed by atoms with E-state index in [9.17, 15) is 28.4 Å². The van der Waals surface area contributed by atoms with Gasteiger partial charge in [-0.1, -0.05) is 25.0 Å². The van der Waals surface area contributed by atoms with Gasteiger partial charge in [0.2, 0.25) is 10.0 Å². The quantitative estimate of drug-likeness (QED) is 0.558. The van der Waals surface area contributed by atoms with Gasteiger partial charge in [0, 0.05) is 17.5 Å². The summed E-state index contributed by atoms with van der Waals surface area (Å²) in [5.41, 5.74) is -0.350. The molecule has 0 spiro atoms. The lowest BCUT2D eigenvalue weighted by molar-refractivity contribution is 0.0698. The summed E-state index contributed by atoms with van der Waals surface area (Å²) in [7, 11) is -3.85. The first kappa shape index (κ1) is 23.7. The SMILES string of the molecule is C=CCN(C1CCCC1)S(=O)(=O)c1cc(C(=O)Nc2c(C#N)cccc2C(=O)O)sc1C. The van der Waals surface area contributed by atoms with E-state index in [0.29, 0.717) is 4.88 Å². The molecule has 168 valence electrons. The first-order valence-electron chi connectivity index (χ1n) is 10.0. The molecule has 32 heavy (non-hydrogen) atoms. The molecule has 8 nitrogen and oxygen atoms in total. The van der Waals surface area contributed by atoms with E-state index in [1.54, 1.807) is 13.0 Å². The van der Waals surface area contributed by atoms with Crippen LogP contribution in [0, 0.1) is 18.3 Å². The van der Waals surface area contributed by atoms with Crippen molar-refractivity contribution in [2.24, 2.45) is 0 Å². The number of rotatable bonds is 8. The molecule has 1 aromatic heterocycles. The summed E-state index contributed by atoms with van der Waals surface area (Å²) in [6.07, 6.45) is 5.05. The Bertz CT molecular complexity index is 1200. The fourth-order valence-corrected chi connectivity index (χ4v) is 6.97. The Hall–Kier alpha value is -3.00. The highest BCUT2D eigenvalue weighted by molar-refractivity contribution is 7.89. The summed E-state index contributed by atoms with van der Waals surface area (Å²) < 4.78 is 28.2. The van der Waals surface area contributed by atoms with E-state index < -0.39 is 21.9 Å². The third-order valence-electron chi connectivity index (χ3n) is 5.38. The van der Waals surface area contributed by atoms with Gasteiger partial charge in [0.25, 0.3) is 5.91 Å². The second kappa shape index (κ2) is 9.65. The van der Waals surface area contributed by atoms with Crippen LogP contribution in [0.1, 0.15) is 56.2 Å². The van der Waals surface area contributed by atoms with Crippen LogP contribution in [0.4, 0.5) is 5.69 Å². The van der Waals surface area contributed by atoms with E-state index in [-0.39, 0.29) is 39.2 Å². The number of aromatic carboxylic acids is 1. The van der Waals surface area contributed by atoms with Crippen LogP contribution < -0.4 is 5.32 Å². The Kier molecular flexibility index (Phi) is 7.13. The summed E-state index contributed by atoms with van der Waals surface area (Å²) >= 11 is 1.00. The monoisotopic (exact) mass is 473 g/mol. The molecule has 0 aliphatic heterocycles. The Balaban J connectivity index is 1.95. The summed E-state index contributed by atoms with van der Waals surface area (Å²) in [6, 6.07) is 7.16. The molecule has 1 saturated carbocycles. The Morgan fingerprint density at radius 3 is 2.66 bits per heavy atom. The summed E-state index contributed by atoms with van der Waals surface area (Å²) in [4.78, 5) is 25.0. The van der Waals surface area contributed by atoms with Crippen LogP contribution in [0.3, 0.4) is 0 Å². The lowest BCUT2D eigenvalue weighted by Gasteiger charge is -2.26. The molecule has 0 unspecified atom stereocenters. The van der Waals surface area contributed by atoms with Crippen LogP contribution in [0.25, 0.3) is 0 Å². The van der Waals surface area contributed by atoms with Gasteiger partial charge in [-0.3, -0.25) is 4.79 Å². The minimum absolute atomic E-state index is 0.00207. The number of para-hydroxylation sites is 1. The molecule has 1 aliphatic rings. The molecule has 1 aliphatic carbocycles. The number of anilines is 1. The van der Waals surface area contributed by atoms with E-state index >= 15 is 0 Å². The Labute approximate surface area is 190 Å². The average molecular weight is 474 g/mol. The number of aryl methyl sites for hydroxylation is 1. The smallest absolute Gasteiger partial charge is 0.337 e. The number of benzene rings is 1. The molecule has 2 aromatic rings. The van der Waals surface area contributed by atoms with Crippen molar-refractivity contribution in [2.75, 3.05) is 11.9 Å². The number of amides is 1. The van der Waals surface area contributed by atoms with E-state index in [4.69, 9.17) is 0 Å². The third kappa shape index (κ3) is 4.60. The van der Waals surface area contributed by atoms with Gasteiger partial charge in [0.05, 0.1) is 26.6 Å². The number of hydrogen-bond acceptors (Lipinski definition) is 6. The van der Waals surface area contributed by atoms with Gasteiger partial charge in [-0.15, -0.1) is 17.9 Å². The van der Waals surface area contributed by atoms with Crippen LogP contribution in [0.15, 0.2) is 41.8 Å². The molecule has 0 bridgehead atoms. The fourth-order valence-electron chi connectivity index (χ4n) is 3.86. The van der Waals surface area contributed by atoms with Crippen LogP contribution in [-0.4, -0.2) is 42.3 Å². The van der Waals surface area contributed by atoms with Crippen molar-refractivity contribution in [3.8, 4) is 6.07 Å². The molecular weight excluding hydrogens is 450 g/mol. The van der Waals surface area contributed by atoms with Crippen molar-refractivity contribution >= 4 is 38.9 Å². The van der Waals surface area contributed by atoms with Gasteiger partial charge < -0.3 is 10.4 Å². The van der Waals surface area contributed by atoms with Gasteiger partial charge >= 0.3 is 5.97 Å². The maximum absolute atomic E-state index is 13.4. The van der Waals surface area contributed by atoms with Crippen molar-refractivity contribution < 1.29 is 23.1 Å². The van der Waals surface area contributed by atoms with E-state index in [2.05, 4.69) is 11.9 Å². The highest BCUT2D eigenvalue weighted by Crippen LogP contribution is 2.33. The van der Waals surface area contributed by atoms with Gasteiger partial charge in [-0.05, 0) is 38.0 Å². The molecule has 0 saturated heterocycles. The first-order chi connectivity index (χ1) is 15.2. The maximum atomic E-state index is 13.4. The van der Waals surface area contributed by atoms with Gasteiger partial charge in [-0.2, -0.15) is 9.57 Å².